The number of anilines is 1. The van der Waals surface area contributed by atoms with E-state index >= 15 is 0 Å². The SMILES string of the molecule is C=C(Nc1cc(SN)ccc1C)C1CC2(CC2)CN1C(=N)NC(=O)Cc1ccc(OC)c(OC)c1. The minimum Gasteiger partial charge on any atom is -0.493 e. The Bertz CT molecular complexity index is 1150. The monoisotopic (exact) mass is 495 g/mol. The molecule has 2 aromatic rings. The minimum absolute atomic E-state index is 0.0834. The van der Waals surface area contributed by atoms with Crippen LogP contribution < -0.4 is 25.2 Å². The lowest BCUT2D eigenvalue weighted by Crippen LogP contribution is -2.47. The summed E-state index contributed by atoms with van der Waals surface area (Å²) in [4.78, 5) is 15.7. The molecule has 2 fully saturated rings. The Morgan fingerprint density at radius 3 is 2.63 bits per heavy atom. The van der Waals surface area contributed by atoms with Gasteiger partial charge in [0.2, 0.25) is 5.91 Å². The fourth-order valence-corrected chi connectivity index (χ4v) is 4.96. The average molecular weight is 496 g/mol. The summed E-state index contributed by atoms with van der Waals surface area (Å²) in [6.07, 6.45) is 3.32. The van der Waals surface area contributed by atoms with E-state index in [1.165, 1.54) is 11.9 Å². The number of nitrogens with zero attached hydrogens (tertiary/aromatic N) is 1. The first-order valence-corrected chi connectivity index (χ1v) is 12.4. The van der Waals surface area contributed by atoms with Crippen molar-refractivity contribution >= 4 is 29.5 Å². The molecule has 1 saturated heterocycles. The number of nitrogens with two attached hydrogens (primary N) is 1. The van der Waals surface area contributed by atoms with E-state index in [1.54, 1.807) is 26.4 Å². The molecule has 1 spiro atoms. The second-order valence-corrected chi connectivity index (χ2v) is 10.1. The second-order valence-electron chi connectivity index (χ2n) is 9.36. The molecule has 1 heterocycles. The van der Waals surface area contributed by atoms with Gasteiger partial charge in [-0.05, 0) is 78.9 Å². The zero-order valence-electron chi connectivity index (χ0n) is 20.4. The molecular formula is C26H33N5O3S. The van der Waals surface area contributed by atoms with Crippen LogP contribution in [0, 0.1) is 17.7 Å². The Hall–Kier alpha value is -3.17. The third kappa shape index (κ3) is 5.57. The number of carbonyl (C=O) groups excluding carboxylic acids is 1. The van der Waals surface area contributed by atoms with E-state index < -0.39 is 0 Å². The predicted molar refractivity (Wildman–Crippen MR) is 140 cm³/mol. The predicted octanol–water partition coefficient (Wildman–Crippen LogP) is 4.05. The van der Waals surface area contributed by atoms with Crippen LogP contribution in [0.2, 0.25) is 0 Å². The molecule has 0 radical (unpaired) electrons. The number of amides is 1. The molecule has 1 unspecified atom stereocenters. The fourth-order valence-electron chi connectivity index (χ4n) is 4.63. The van der Waals surface area contributed by atoms with Crippen molar-refractivity contribution in [3.05, 3.63) is 59.8 Å². The van der Waals surface area contributed by atoms with Crippen LogP contribution in [0.4, 0.5) is 5.69 Å². The highest BCUT2D eigenvalue weighted by molar-refractivity contribution is 7.97. The first-order chi connectivity index (χ1) is 16.8. The normalized spacial score (nSPS) is 17.7. The lowest BCUT2D eigenvalue weighted by atomic mass is 10.0. The van der Waals surface area contributed by atoms with Crippen molar-refractivity contribution < 1.29 is 14.3 Å². The van der Waals surface area contributed by atoms with Crippen molar-refractivity contribution in [2.24, 2.45) is 10.6 Å². The summed E-state index contributed by atoms with van der Waals surface area (Å²) < 4.78 is 10.6. The summed E-state index contributed by atoms with van der Waals surface area (Å²) in [6, 6.07) is 11.3. The number of nitrogens with one attached hydrogen (secondary N) is 3. The molecule has 0 aromatic heterocycles. The number of hydrogen-bond acceptors (Lipinski definition) is 7. The van der Waals surface area contributed by atoms with Crippen molar-refractivity contribution in [1.82, 2.24) is 10.2 Å². The topological polar surface area (TPSA) is 113 Å². The molecule has 8 nitrogen and oxygen atoms in total. The van der Waals surface area contributed by atoms with Crippen LogP contribution in [0.25, 0.3) is 0 Å². The van der Waals surface area contributed by atoms with Crippen LogP contribution in [0.1, 0.15) is 30.4 Å². The summed E-state index contributed by atoms with van der Waals surface area (Å²) in [5.41, 5.74) is 3.84. The highest BCUT2D eigenvalue weighted by Crippen LogP contribution is 2.55. The summed E-state index contributed by atoms with van der Waals surface area (Å²) in [7, 11) is 3.13. The molecule has 1 amide bonds. The molecular weight excluding hydrogens is 462 g/mol. The Kier molecular flexibility index (Phi) is 7.28. The minimum atomic E-state index is -0.250. The van der Waals surface area contributed by atoms with Gasteiger partial charge >= 0.3 is 0 Å². The van der Waals surface area contributed by atoms with E-state index in [0.29, 0.717) is 11.5 Å². The van der Waals surface area contributed by atoms with Crippen molar-refractivity contribution in [3.8, 4) is 11.5 Å². The quantitative estimate of drug-likeness (QED) is 0.248. The smallest absolute Gasteiger partial charge is 0.231 e. The summed E-state index contributed by atoms with van der Waals surface area (Å²) in [5.74, 6) is 1.03. The van der Waals surface area contributed by atoms with Gasteiger partial charge < -0.3 is 19.7 Å². The Labute approximate surface area is 210 Å². The molecule has 2 aromatic carbocycles. The lowest BCUT2D eigenvalue weighted by molar-refractivity contribution is -0.119. The standard InChI is InChI=1S/C26H33N5O3S/c1-16-5-7-19(35-28)13-20(16)29-17(2)21-14-26(9-10-26)15-31(21)25(27)30-24(32)12-18-6-8-22(33-3)23(11-18)34-4/h5-8,11,13,21,29H,2,9-10,12,14-15,28H2,1,3-4H3,(H2,27,30,32). The van der Waals surface area contributed by atoms with E-state index in [1.807, 2.05) is 36.1 Å². The van der Waals surface area contributed by atoms with Gasteiger partial charge in [0.1, 0.15) is 0 Å². The number of aryl methyl sites for hydroxylation is 1. The highest BCUT2D eigenvalue weighted by Gasteiger charge is 2.53. The molecule has 35 heavy (non-hydrogen) atoms. The third-order valence-electron chi connectivity index (χ3n) is 6.87. The van der Waals surface area contributed by atoms with Gasteiger partial charge in [-0.15, -0.1) is 0 Å². The summed E-state index contributed by atoms with van der Waals surface area (Å²) in [5, 5.41) is 20.7. The highest BCUT2D eigenvalue weighted by atomic mass is 32.2. The summed E-state index contributed by atoms with van der Waals surface area (Å²) in [6.45, 7) is 7.09. The number of methoxy groups -OCH3 is 2. The van der Waals surface area contributed by atoms with E-state index in [-0.39, 0.29) is 29.7 Å². The molecule has 1 saturated carbocycles. The van der Waals surface area contributed by atoms with Gasteiger partial charge in [0.25, 0.3) is 0 Å². The molecule has 9 heteroatoms. The Morgan fingerprint density at radius 2 is 1.97 bits per heavy atom. The number of benzene rings is 2. The van der Waals surface area contributed by atoms with Crippen LogP contribution in [-0.4, -0.2) is 43.6 Å². The van der Waals surface area contributed by atoms with Crippen LogP contribution in [0.15, 0.2) is 53.6 Å². The molecule has 0 bridgehead atoms. The number of likely N-dealkylation sites (tertiary alicyclic amines) is 1. The van der Waals surface area contributed by atoms with Crippen LogP contribution in [0.3, 0.4) is 0 Å². The largest absolute Gasteiger partial charge is 0.493 e. The van der Waals surface area contributed by atoms with Crippen molar-refractivity contribution in [2.45, 2.75) is 43.5 Å². The maximum atomic E-state index is 12.8. The summed E-state index contributed by atoms with van der Waals surface area (Å²) >= 11 is 1.20. The number of rotatable bonds is 8. The molecule has 1 aliphatic carbocycles. The zero-order valence-corrected chi connectivity index (χ0v) is 21.3. The van der Waals surface area contributed by atoms with Gasteiger partial charge in [0.05, 0.1) is 26.7 Å². The van der Waals surface area contributed by atoms with E-state index in [9.17, 15) is 4.79 Å². The zero-order chi connectivity index (χ0) is 25.2. The second kappa shape index (κ2) is 10.2. The van der Waals surface area contributed by atoms with Crippen LogP contribution in [0.5, 0.6) is 11.5 Å². The van der Waals surface area contributed by atoms with Crippen LogP contribution in [-0.2, 0) is 11.2 Å². The van der Waals surface area contributed by atoms with Gasteiger partial charge in [-0.2, -0.15) is 0 Å². The molecule has 186 valence electrons. The molecule has 5 N–H and O–H groups in total. The van der Waals surface area contributed by atoms with Crippen molar-refractivity contribution in [2.75, 3.05) is 26.1 Å². The lowest BCUT2D eigenvalue weighted by Gasteiger charge is -2.29. The van der Waals surface area contributed by atoms with Gasteiger partial charge in [0.15, 0.2) is 17.5 Å². The van der Waals surface area contributed by atoms with Gasteiger partial charge in [-0.25, -0.2) is 0 Å². The van der Waals surface area contributed by atoms with Crippen molar-refractivity contribution in [3.63, 3.8) is 0 Å². The Morgan fingerprint density at radius 1 is 1.23 bits per heavy atom. The molecule has 4 rings (SSSR count). The number of ether oxygens (including phenoxy) is 2. The van der Waals surface area contributed by atoms with E-state index in [4.69, 9.17) is 20.0 Å². The number of hydrogen-bond donors (Lipinski definition) is 4. The van der Waals surface area contributed by atoms with E-state index in [0.717, 1.165) is 53.2 Å². The van der Waals surface area contributed by atoms with E-state index in [2.05, 4.69) is 17.2 Å². The maximum absolute atomic E-state index is 12.8. The average Bonchev–Trinajstić information content (AvgIpc) is 3.49. The molecule has 1 atom stereocenters. The van der Waals surface area contributed by atoms with Crippen molar-refractivity contribution in [1.29, 1.82) is 5.41 Å². The van der Waals surface area contributed by atoms with Gasteiger partial charge in [-0.1, -0.05) is 18.7 Å². The van der Waals surface area contributed by atoms with Gasteiger partial charge in [-0.3, -0.25) is 20.7 Å². The van der Waals surface area contributed by atoms with Gasteiger partial charge in [0, 0.05) is 22.8 Å². The maximum Gasteiger partial charge on any atom is 0.231 e. The number of guanidine groups is 1. The molecule has 1 aliphatic heterocycles. The third-order valence-corrected chi connectivity index (χ3v) is 7.39. The molecule has 2 aliphatic rings. The first-order valence-electron chi connectivity index (χ1n) is 11.6. The first kappa shape index (κ1) is 24.9. The fraction of sp³-hybridized carbons (Fsp3) is 0.385. The number of carbonyl (C=O) groups is 1. The Balaban J connectivity index is 1.43. The van der Waals surface area contributed by atoms with Crippen LogP contribution >= 0.6 is 11.9 Å².